The number of hydrogen-bond acceptors (Lipinski definition) is 5. The third-order valence-corrected chi connectivity index (χ3v) is 9.21. The molecule has 0 aliphatic carbocycles. The lowest BCUT2D eigenvalue weighted by Crippen LogP contribution is -2.14. The van der Waals surface area contributed by atoms with Crippen LogP contribution in [0, 0.1) is 0 Å². The molecule has 0 N–H and O–H groups in total. The van der Waals surface area contributed by atoms with E-state index in [0.29, 0.717) is 5.89 Å². The predicted molar refractivity (Wildman–Crippen MR) is 208 cm³/mol. The first-order valence-electron chi connectivity index (χ1n) is 15.8. The molecule has 0 saturated carbocycles. The molecule has 0 radical (unpaired) electrons. The molecule has 236 valence electrons. The fourth-order valence-corrected chi connectivity index (χ4v) is 6.47. The molecule has 5 aromatic carbocycles. The van der Waals surface area contributed by atoms with E-state index in [0.717, 1.165) is 76.8 Å². The number of fused-ring (bicyclic) bond motifs is 2. The third-order valence-electron chi connectivity index (χ3n) is 8.13. The van der Waals surface area contributed by atoms with Gasteiger partial charge in [-0.15, -0.1) is 11.3 Å². The molecule has 0 unspecified atom stereocenters. The first kappa shape index (κ1) is 31.3. The van der Waals surface area contributed by atoms with Gasteiger partial charge in [0, 0.05) is 28.2 Å². The zero-order chi connectivity index (χ0) is 33.7. The van der Waals surface area contributed by atoms with Crippen molar-refractivity contribution in [3.05, 3.63) is 195 Å². The second kappa shape index (κ2) is 13.8. The lowest BCUT2D eigenvalue weighted by atomic mass is 10.0. The molecule has 0 aliphatic heterocycles. The van der Waals surface area contributed by atoms with Crippen LogP contribution in [0.15, 0.2) is 199 Å². The number of thiazole rings is 1. The highest BCUT2D eigenvalue weighted by Crippen LogP contribution is 2.37. The van der Waals surface area contributed by atoms with Gasteiger partial charge in [0.25, 0.3) is 0 Å². The van der Waals surface area contributed by atoms with Crippen LogP contribution in [0.3, 0.4) is 0 Å². The zero-order valence-electron chi connectivity index (χ0n) is 26.9. The normalized spacial score (nSPS) is 11.4. The number of aromatic nitrogens is 2. The Morgan fingerprint density at radius 2 is 1.29 bits per heavy atom. The predicted octanol–water partition coefficient (Wildman–Crippen LogP) is 12.5. The standard InChI is InChI=1S/C44H33N3OS/c1-5-6-13-30(2)31(3)18-19-32(4)47(38-25-27-42-40(29-38)46-44(49-42)35-16-11-8-12-17-35)37-23-20-33(21-24-37)36-22-26-39-41(28-36)48-43(45-39)34-14-9-7-10-15-34/h5-29H,1-4H2/b13-6-,19-18-. The minimum atomic E-state index is 0.612. The second-order valence-corrected chi connectivity index (χ2v) is 12.5. The molecule has 7 rings (SSSR count). The lowest BCUT2D eigenvalue weighted by Gasteiger charge is -2.26. The van der Waals surface area contributed by atoms with Gasteiger partial charge < -0.3 is 9.32 Å². The summed E-state index contributed by atoms with van der Waals surface area (Å²) >= 11 is 1.69. The molecule has 0 amide bonds. The third kappa shape index (κ3) is 6.75. The summed E-state index contributed by atoms with van der Waals surface area (Å²) in [6.07, 6.45) is 9.35. The number of anilines is 2. The Balaban J connectivity index is 1.22. The van der Waals surface area contributed by atoms with E-state index < -0.39 is 0 Å². The number of oxazole rings is 1. The van der Waals surface area contributed by atoms with Crippen LogP contribution in [0.1, 0.15) is 0 Å². The molecule has 7 aromatic rings. The van der Waals surface area contributed by atoms with E-state index in [1.165, 1.54) is 0 Å². The van der Waals surface area contributed by atoms with Crippen molar-refractivity contribution in [2.24, 2.45) is 0 Å². The maximum absolute atomic E-state index is 6.15. The van der Waals surface area contributed by atoms with Crippen LogP contribution in [0.5, 0.6) is 0 Å². The summed E-state index contributed by atoms with van der Waals surface area (Å²) in [5.74, 6) is 0.612. The molecular formula is C44H33N3OS. The second-order valence-electron chi connectivity index (χ2n) is 11.5. The molecule has 0 bridgehead atoms. The summed E-state index contributed by atoms with van der Waals surface area (Å²) in [5.41, 5.74) is 10.9. The van der Waals surface area contributed by atoms with Gasteiger partial charge in [-0.1, -0.05) is 117 Å². The highest BCUT2D eigenvalue weighted by atomic mass is 32.1. The number of benzene rings is 5. The van der Waals surface area contributed by atoms with E-state index in [4.69, 9.17) is 9.40 Å². The van der Waals surface area contributed by atoms with Crippen LogP contribution in [-0.4, -0.2) is 9.97 Å². The summed E-state index contributed by atoms with van der Waals surface area (Å²) in [7, 11) is 0. The SMILES string of the molecule is C=C/C=C\C(=C)C(=C)/C=C\C(=C)N(c1ccc(-c2ccc3nc(-c4ccccc4)oc3c2)cc1)c1ccc2sc(-c3ccccc3)nc2c1. The van der Waals surface area contributed by atoms with Crippen LogP contribution in [0.4, 0.5) is 11.4 Å². The molecule has 0 atom stereocenters. The van der Waals surface area contributed by atoms with Crippen LogP contribution in [0.25, 0.3) is 54.5 Å². The molecule has 2 heterocycles. The van der Waals surface area contributed by atoms with Crippen molar-refractivity contribution in [3.8, 4) is 33.2 Å². The lowest BCUT2D eigenvalue weighted by molar-refractivity contribution is 0.620. The van der Waals surface area contributed by atoms with E-state index in [2.05, 4.69) is 96.9 Å². The smallest absolute Gasteiger partial charge is 0.227 e. The van der Waals surface area contributed by atoms with Crippen molar-refractivity contribution < 1.29 is 4.42 Å². The van der Waals surface area contributed by atoms with Crippen molar-refractivity contribution in [1.29, 1.82) is 0 Å². The topological polar surface area (TPSA) is 42.2 Å². The van der Waals surface area contributed by atoms with Gasteiger partial charge in [-0.05, 0) is 82.9 Å². The first-order valence-corrected chi connectivity index (χ1v) is 16.7. The van der Waals surface area contributed by atoms with Gasteiger partial charge in [0.15, 0.2) is 5.58 Å². The van der Waals surface area contributed by atoms with Gasteiger partial charge >= 0.3 is 0 Å². The van der Waals surface area contributed by atoms with Crippen LogP contribution < -0.4 is 4.90 Å². The summed E-state index contributed by atoms with van der Waals surface area (Å²) < 4.78 is 7.27. The molecule has 5 heteroatoms. The van der Waals surface area contributed by atoms with Crippen molar-refractivity contribution in [2.45, 2.75) is 0 Å². The van der Waals surface area contributed by atoms with Crippen molar-refractivity contribution in [3.63, 3.8) is 0 Å². The summed E-state index contributed by atoms with van der Waals surface area (Å²) in [5, 5.41) is 0.990. The largest absolute Gasteiger partial charge is 0.436 e. The number of nitrogens with zero attached hydrogens (tertiary/aromatic N) is 3. The maximum Gasteiger partial charge on any atom is 0.227 e. The Morgan fingerprint density at radius 1 is 0.612 bits per heavy atom. The first-order chi connectivity index (χ1) is 24.0. The van der Waals surface area contributed by atoms with Gasteiger partial charge in [-0.2, -0.15) is 0 Å². The molecular weight excluding hydrogens is 619 g/mol. The van der Waals surface area contributed by atoms with Crippen molar-refractivity contribution in [2.75, 3.05) is 4.90 Å². The number of allylic oxidation sites excluding steroid dienone is 7. The Morgan fingerprint density at radius 3 is 2.02 bits per heavy atom. The molecule has 2 aromatic heterocycles. The average Bonchev–Trinajstić information content (AvgIpc) is 3.78. The van der Waals surface area contributed by atoms with E-state index >= 15 is 0 Å². The Bertz CT molecular complexity index is 2390. The minimum Gasteiger partial charge on any atom is -0.436 e. The Hall–Kier alpha value is -6.30. The van der Waals surface area contributed by atoms with Crippen LogP contribution in [-0.2, 0) is 0 Å². The van der Waals surface area contributed by atoms with E-state index in [-0.39, 0.29) is 0 Å². The van der Waals surface area contributed by atoms with Gasteiger partial charge in [-0.25, -0.2) is 9.97 Å². The highest BCUT2D eigenvalue weighted by molar-refractivity contribution is 7.21. The van der Waals surface area contributed by atoms with Gasteiger partial charge in [-0.3, -0.25) is 0 Å². The summed E-state index contributed by atoms with van der Waals surface area (Å²) in [6, 6.07) is 41.2. The average molecular weight is 652 g/mol. The fraction of sp³-hybridized carbons (Fsp3) is 0. The van der Waals surface area contributed by atoms with Gasteiger partial charge in [0.05, 0.1) is 10.2 Å². The van der Waals surface area contributed by atoms with E-state index in [1.807, 2.05) is 85.0 Å². The van der Waals surface area contributed by atoms with Crippen LogP contribution >= 0.6 is 11.3 Å². The molecule has 0 aliphatic rings. The van der Waals surface area contributed by atoms with Crippen LogP contribution in [0.2, 0.25) is 0 Å². The summed E-state index contributed by atoms with van der Waals surface area (Å²) in [6.45, 7) is 16.5. The maximum atomic E-state index is 6.15. The number of hydrogen-bond donors (Lipinski definition) is 0. The Labute approximate surface area is 290 Å². The zero-order valence-corrected chi connectivity index (χ0v) is 27.7. The van der Waals surface area contributed by atoms with E-state index in [9.17, 15) is 0 Å². The van der Waals surface area contributed by atoms with Crippen molar-refractivity contribution >= 4 is 44.0 Å². The number of rotatable bonds is 11. The molecule has 49 heavy (non-hydrogen) atoms. The minimum absolute atomic E-state index is 0.612. The van der Waals surface area contributed by atoms with Crippen molar-refractivity contribution in [1.82, 2.24) is 9.97 Å². The Kier molecular flexibility index (Phi) is 8.83. The highest BCUT2D eigenvalue weighted by Gasteiger charge is 2.16. The van der Waals surface area contributed by atoms with E-state index in [1.54, 1.807) is 17.4 Å². The molecule has 0 spiro atoms. The molecule has 0 fully saturated rings. The van der Waals surface area contributed by atoms with Gasteiger partial charge in [0.1, 0.15) is 10.5 Å². The quantitative estimate of drug-likeness (QED) is 0.131. The summed E-state index contributed by atoms with van der Waals surface area (Å²) in [4.78, 5) is 11.8. The molecule has 4 nitrogen and oxygen atoms in total. The molecule has 0 saturated heterocycles. The monoisotopic (exact) mass is 651 g/mol. The fourth-order valence-electron chi connectivity index (χ4n) is 5.52. The van der Waals surface area contributed by atoms with Gasteiger partial charge in [0.2, 0.25) is 5.89 Å².